The molecule has 106 valence electrons. The number of aromatic carboxylic acids is 1. The summed E-state index contributed by atoms with van der Waals surface area (Å²) in [6.07, 6.45) is 0. The Labute approximate surface area is 116 Å². The van der Waals surface area contributed by atoms with Crippen LogP contribution in [0.25, 0.3) is 0 Å². The number of hydrogen-bond acceptors (Lipinski definition) is 6. The first kappa shape index (κ1) is 14.4. The Morgan fingerprint density at radius 1 is 1.42 bits per heavy atom. The summed E-state index contributed by atoms with van der Waals surface area (Å²) in [7, 11) is 1.72. The molecule has 0 saturated carbocycles. The molecular formula is C12H19N3O3S. The molecule has 1 aromatic heterocycles. The lowest BCUT2D eigenvalue weighted by Gasteiger charge is -2.33. The van der Waals surface area contributed by atoms with Crippen LogP contribution in [0, 0.1) is 0 Å². The van der Waals surface area contributed by atoms with Gasteiger partial charge in [0, 0.05) is 45.2 Å². The summed E-state index contributed by atoms with van der Waals surface area (Å²) in [4.78, 5) is 19.6. The maximum Gasteiger partial charge on any atom is 0.355 e. The maximum atomic E-state index is 10.8. The van der Waals surface area contributed by atoms with Gasteiger partial charge in [-0.25, -0.2) is 9.78 Å². The molecule has 0 radical (unpaired) electrons. The predicted molar refractivity (Wildman–Crippen MR) is 72.7 cm³/mol. The Morgan fingerprint density at radius 2 is 2.11 bits per heavy atom. The van der Waals surface area contributed by atoms with E-state index in [4.69, 9.17) is 9.84 Å². The average Bonchev–Trinajstić information content (AvgIpc) is 2.87. The van der Waals surface area contributed by atoms with E-state index in [0.717, 1.165) is 50.9 Å². The summed E-state index contributed by atoms with van der Waals surface area (Å²) in [6, 6.07) is 0. The van der Waals surface area contributed by atoms with Gasteiger partial charge in [0.15, 0.2) is 5.69 Å². The highest BCUT2D eigenvalue weighted by Gasteiger charge is 2.18. The summed E-state index contributed by atoms with van der Waals surface area (Å²) in [6.45, 7) is 6.54. The van der Waals surface area contributed by atoms with Crippen LogP contribution in [0.4, 0.5) is 0 Å². The van der Waals surface area contributed by atoms with Gasteiger partial charge in [-0.15, -0.1) is 11.3 Å². The van der Waals surface area contributed by atoms with E-state index in [2.05, 4.69) is 14.8 Å². The number of rotatable bonds is 6. The summed E-state index contributed by atoms with van der Waals surface area (Å²) in [5.41, 5.74) is 0.152. The van der Waals surface area contributed by atoms with Crippen LogP contribution in [0.3, 0.4) is 0 Å². The van der Waals surface area contributed by atoms with Crippen molar-refractivity contribution in [1.82, 2.24) is 14.8 Å². The first-order chi connectivity index (χ1) is 9.19. The zero-order chi connectivity index (χ0) is 13.7. The first-order valence-electron chi connectivity index (χ1n) is 6.30. The van der Waals surface area contributed by atoms with Gasteiger partial charge in [-0.2, -0.15) is 0 Å². The van der Waals surface area contributed by atoms with Gasteiger partial charge in [-0.05, 0) is 0 Å². The molecule has 1 saturated heterocycles. The molecule has 0 spiro atoms. The second-order valence-corrected chi connectivity index (χ2v) is 5.48. The van der Waals surface area contributed by atoms with Crippen LogP contribution in [0.1, 0.15) is 15.5 Å². The minimum absolute atomic E-state index is 0.152. The molecule has 1 N–H and O–H groups in total. The molecular weight excluding hydrogens is 266 g/mol. The zero-order valence-corrected chi connectivity index (χ0v) is 11.9. The van der Waals surface area contributed by atoms with Gasteiger partial charge >= 0.3 is 5.97 Å². The van der Waals surface area contributed by atoms with Crippen LogP contribution >= 0.6 is 11.3 Å². The summed E-state index contributed by atoms with van der Waals surface area (Å²) in [5.74, 6) is -0.952. The van der Waals surface area contributed by atoms with Crippen molar-refractivity contribution in [3.05, 3.63) is 16.1 Å². The lowest BCUT2D eigenvalue weighted by molar-refractivity contribution is 0.0690. The molecule has 0 amide bonds. The lowest BCUT2D eigenvalue weighted by atomic mass is 10.3. The first-order valence-corrected chi connectivity index (χ1v) is 7.18. The van der Waals surface area contributed by atoms with E-state index in [0.29, 0.717) is 0 Å². The van der Waals surface area contributed by atoms with E-state index >= 15 is 0 Å². The highest BCUT2D eigenvalue weighted by molar-refractivity contribution is 7.09. The predicted octanol–water partition coefficient (Wildman–Crippen LogP) is 0.605. The third-order valence-corrected chi connectivity index (χ3v) is 4.04. The van der Waals surface area contributed by atoms with Gasteiger partial charge in [-0.1, -0.05) is 0 Å². The van der Waals surface area contributed by atoms with Gasteiger partial charge < -0.3 is 9.84 Å². The fourth-order valence-corrected chi connectivity index (χ4v) is 2.87. The van der Waals surface area contributed by atoms with Crippen molar-refractivity contribution in [2.24, 2.45) is 0 Å². The minimum Gasteiger partial charge on any atom is -0.476 e. The van der Waals surface area contributed by atoms with Crippen molar-refractivity contribution in [3.8, 4) is 0 Å². The van der Waals surface area contributed by atoms with E-state index in [1.807, 2.05) is 0 Å². The van der Waals surface area contributed by atoms with E-state index in [1.54, 1.807) is 12.5 Å². The number of carbonyl (C=O) groups is 1. The van der Waals surface area contributed by atoms with Gasteiger partial charge in [0.1, 0.15) is 5.01 Å². The van der Waals surface area contributed by atoms with E-state index in [9.17, 15) is 4.79 Å². The summed E-state index contributed by atoms with van der Waals surface area (Å²) >= 11 is 1.42. The molecule has 0 unspecified atom stereocenters. The average molecular weight is 285 g/mol. The monoisotopic (exact) mass is 285 g/mol. The second-order valence-electron chi connectivity index (χ2n) is 4.54. The van der Waals surface area contributed by atoms with Crippen LogP contribution in [-0.2, 0) is 11.3 Å². The van der Waals surface area contributed by atoms with Crippen molar-refractivity contribution < 1.29 is 14.6 Å². The van der Waals surface area contributed by atoms with E-state index in [1.165, 1.54) is 11.3 Å². The second kappa shape index (κ2) is 6.95. The molecule has 0 aliphatic carbocycles. The molecule has 1 aliphatic rings. The molecule has 0 atom stereocenters. The van der Waals surface area contributed by atoms with Gasteiger partial charge in [0.25, 0.3) is 0 Å². The van der Waals surface area contributed by atoms with Crippen molar-refractivity contribution in [2.45, 2.75) is 6.54 Å². The molecule has 1 fully saturated rings. The highest BCUT2D eigenvalue weighted by Crippen LogP contribution is 2.13. The normalized spacial score (nSPS) is 17.7. The number of thiazole rings is 1. The number of aromatic nitrogens is 1. The fourth-order valence-electron chi connectivity index (χ4n) is 2.06. The number of piperazine rings is 1. The Morgan fingerprint density at radius 3 is 2.68 bits per heavy atom. The van der Waals surface area contributed by atoms with Gasteiger partial charge in [-0.3, -0.25) is 9.80 Å². The number of hydrogen-bond donors (Lipinski definition) is 1. The third-order valence-electron chi connectivity index (χ3n) is 3.21. The molecule has 0 bridgehead atoms. The summed E-state index contributed by atoms with van der Waals surface area (Å²) in [5, 5.41) is 11.3. The molecule has 1 aromatic rings. The Kier molecular flexibility index (Phi) is 5.26. The number of nitrogens with zero attached hydrogens (tertiary/aromatic N) is 3. The van der Waals surface area contributed by atoms with E-state index < -0.39 is 5.97 Å². The third kappa shape index (κ3) is 4.24. The Balaban J connectivity index is 1.77. The lowest BCUT2D eigenvalue weighted by Crippen LogP contribution is -2.46. The molecule has 19 heavy (non-hydrogen) atoms. The zero-order valence-electron chi connectivity index (χ0n) is 11.0. The molecule has 0 aromatic carbocycles. The van der Waals surface area contributed by atoms with Crippen LogP contribution in [0.2, 0.25) is 0 Å². The van der Waals surface area contributed by atoms with Gasteiger partial charge in [0.2, 0.25) is 0 Å². The molecule has 2 heterocycles. The highest BCUT2D eigenvalue weighted by atomic mass is 32.1. The van der Waals surface area contributed by atoms with Crippen molar-refractivity contribution in [2.75, 3.05) is 46.4 Å². The Bertz CT molecular complexity index is 416. The van der Waals surface area contributed by atoms with Crippen molar-refractivity contribution in [1.29, 1.82) is 0 Å². The number of carboxylic acid groups (broad SMARTS) is 1. The van der Waals surface area contributed by atoms with Crippen molar-refractivity contribution in [3.63, 3.8) is 0 Å². The standard InChI is InChI=1S/C12H19N3O3S/c1-18-7-6-14-2-4-15(5-3-14)8-11-13-10(9-19-11)12(16)17/h9H,2-8H2,1H3,(H,16,17). The summed E-state index contributed by atoms with van der Waals surface area (Å²) < 4.78 is 5.07. The SMILES string of the molecule is COCCN1CCN(Cc2nc(C(=O)O)cs2)CC1. The van der Waals surface area contributed by atoms with E-state index in [-0.39, 0.29) is 5.69 Å². The van der Waals surface area contributed by atoms with Crippen molar-refractivity contribution >= 4 is 17.3 Å². The number of ether oxygens (including phenoxy) is 1. The Hall–Kier alpha value is -1.02. The van der Waals surface area contributed by atoms with Crippen LogP contribution in [-0.4, -0.2) is 72.3 Å². The topological polar surface area (TPSA) is 65.9 Å². The van der Waals surface area contributed by atoms with Crippen LogP contribution in [0.5, 0.6) is 0 Å². The minimum atomic E-state index is -0.952. The molecule has 6 nitrogen and oxygen atoms in total. The molecule has 2 rings (SSSR count). The number of methoxy groups -OCH3 is 1. The molecule has 7 heteroatoms. The van der Waals surface area contributed by atoms with Gasteiger partial charge in [0.05, 0.1) is 13.2 Å². The molecule has 1 aliphatic heterocycles. The maximum absolute atomic E-state index is 10.8. The smallest absolute Gasteiger partial charge is 0.355 e. The van der Waals surface area contributed by atoms with Crippen LogP contribution in [0.15, 0.2) is 5.38 Å². The van der Waals surface area contributed by atoms with Crippen LogP contribution < -0.4 is 0 Å². The largest absolute Gasteiger partial charge is 0.476 e. The fraction of sp³-hybridized carbons (Fsp3) is 0.667. The quantitative estimate of drug-likeness (QED) is 0.826. The number of carboxylic acids is 1.